The van der Waals surface area contributed by atoms with Crippen molar-refractivity contribution in [3.63, 3.8) is 0 Å². The first-order chi connectivity index (χ1) is 7.85. The van der Waals surface area contributed by atoms with E-state index in [9.17, 15) is 9.59 Å². The maximum atomic E-state index is 11.9. The molecule has 0 heterocycles. The van der Waals surface area contributed by atoms with Gasteiger partial charge in [0.25, 0.3) is 0 Å². The Kier molecular flexibility index (Phi) is 7.27. The Morgan fingerprint density at radius 2 is 1.65 bits per heavy atom. The highest BCUT2D eigenvalue weighted by atomic mass is 32.2. The van der Waals surface area contributed by atoms with Crippen molar-refractivity contribution in [2.24, 2.45) is 0 Å². The summed E-state index contributed by atoms with van der Waals surface area (Å²) in [6.45, 7) is 8.81. The summed E-state index contributed by atoms with van der Waals surface area (Å²) in [5, 5.41) is 8.95. The van der Waals surface area contributed by atoms with E-state index >= 15 is 0 Å². The predicted molar refractivity (Wildman–Crippen MR) is 71.3 cm³/mol. The highest BCUT2D eigenvalue weighted by Crippen LogP contribution is 2.24. The lowest BCUT2D eigenvalue weighted by Gasteiger charge is -2.24. The molecule has 0 aliphatic carbocycles. The first kappa shape index (κ1) is 16.3. The molecule has 0 aliphatic rings. The van der Waals surface area contributed by atoms with E-state index in [0.29, 0.717) is 0 Å². The summed E-state index contributed by atoms with van der Waals surface area (Å²) >= 11 is 1.18. The van der Waals surface area contributed by atoms with E-state index in [1.54, 1.807) is 13.8 Å². The maximum Gasteiger partial charge on any atom is 0.319 e. The van der Waals surface area contributed by atoms with Gasteiger partial charge in [-0.1, -0.05) is 13.8 Å². The van der Waals surface area contributed by atoms with Gasteiger partial charge in [-0.25, -0.2) is 0 Å². The fraction of sp³-hybridized carbons (Fsp3) is 0.833. The summed E-state index contributed by atoms with van der Waals surface area (Å²) in [5.41, 5.74) is 0. The minimum Gasteiger partial charge on any atom is -0.480 e. The van der Waals surface area contributed by atoms with Crippen LogP contribution in [0.1, 0.15) is 40.5 Å². The molecule has 100 valence electrons. The van der Waals surface area contributed by atoms with Gasteiger partial charge in [-0.05, 0) is 26.7 Å². The monoisotopic (exact) mass is 261 g/mol. The Morgan fingerprint density at radius 1 is 1.18 bits per heavy atom. The second kappa shape index (κ2) is 7.58. The van der Waals surface area contributed by atoms with Crippen molar-refractivity contribution >= 4 is 23.6 Å². The molecule has 0 aromatic heterocycles. The molecule has 0 rings (SSSR count). The number of hydrogen-bond acceptors (Lipinski definition) is 3. The number of aliphatic carboxylic acids is 1. The molecule has 1 amide bonds. The molecule has 0 aromatic carbocycles. The number of carboxylic acid groups (broad SMARTS) is 1. The average molecular weight is 261 g/mol. The first-order valence-corrected chi connectivity index (χ1v) is 6.98. The van der Waals surface area contributed by atoms with Crippen LogP contribution in [0.4, 0.5) is 0 Å². The molecule has 0 aliphatic heterocycles. The molecule has 5 heteroatoms. The lowest BCUT2D eigenvalue weighted by Crippen LogP contribution is -2.36. The number of hydrogen-bond donors (Lipinski definition) is 1. The van der Waals surface area contributed by atoms with Crippen LogP contribution in [-0.4, -0.2) is 45.5 Å². The molecule has 17 heavy (non-hydrogen) atoms. The summed E-state index contributed by atoms with van der Waals surface area (Å²) in [6.07, 6.45) is 1.86. The molecular formula is C12H23NO3S. The van der Waals surface area contributed by atoms with Gasteiger partial charge < -0.3 is 10.0 Å². The van der Waals surface area contributed by atoms with Crippen LogP contribution >= 0.6 is 11.8 Å². The molecule has 4 nitrogen and oxygen atoms in total. The summed E-state index contributed by atoms with van der Waals surface area (Å²) in [5.74, 6) is -0.611. The summed E-state index contributed by atoms with van der Waals surface area (Å²) < 4.78 is -0.903. The van der Waals surface area contributed by atoms with Crippen LogP contribution in [0.3, 0.4) is 0 Å². The standard InChI is InChI=1S/C12H23NO3S/c1-5-7-13(8-6-2)10(14)9-17-12(3,4)11(15)16/h5-9H2,1-4H3,(H,15,16). The number of carboxylic acids is 1. The van der Waals surface area contributed by atoms with Crippen LogP contribution < -0.4 is 0 Å². The zero-order valence-corrected chi connectivity index (χ0v) is 12.0. The molecule has 0 spiro atoms. The van der Waals surface area contributed by atoms with Crippen LogP contribution in [0.5, 0.6) is 0 Å². The lowest BCUT2D eigenvalue weighted by molar-refractivity contribution is -0.138. The van der Waals surface area contributed by atoms with Crippen LogP contribution in [0.15, 0.2) is 0 Å². The van der Waals surface area contributed by atoms with Crippen LogP contribution in [-0.2, 0) is 9.59 Å². The molecule has 0 unspecified atom stereocenters. The van der Waals surface area contributed by atoms with Gasteiger partial charge in [0.15, 0.2) is 0 Å². The quantitative estimate of drug-likeness (QED) is 0.728. The van der Waals surface area contributed by atoms with Gasteiger partial charge in [-0.3, -0.25) is 9.59 Å². The van der Waals surface area contributed by atoms with Crippen molar-refractivity contribution in [1.29, 1.82) is 0 Å². The van der Waals surface area contributed by atoms with Gasteiger partial charge in [-0.2, -0.15) is 0 Å². The highest BCUT2D eigenvalue weighted by Gasteiger charge is 2.29. The number of carbonyl (C=O) groups excluding carboxylic acids is 1. The van der Waals surface area contributed by atoms with Crippen LogP contribution in [0.25, 0.3) is 0 Å². The summed E-state index contributed by atoms with van der Waals surface area (Å²) in [7, 11) is 0. The predicted octanol–water partition coefficient (Wildman–Crippen LogP) is 2.23. The molecule has 0 bridgehead atoms. The normalized spacial score (nSPS) is 11.3. The second-order valence-electron chi connectivity index (χ2n) is 4.48. The molecule has 0 fully saturated rings. The maximum absolute atomic E-state index is 11.9. The van der Waals surface area contributed by atoms with E-state index in [2.05, 4.69) is 0 Å². The fourth-order valence-corrected chi connectivity index (χ4v) is 2.09. The van der Waals surface area contributed by atoms with Crippen molar-refractivity contribution in [2.75, 3.05) is 18.8 Å². The third kappa shape index (κ3) is 5.96. The zero-order valence-electron chi connectivity index (χ0n) is 11.2. The number of thioether (sulfide) groups is 1. The molecule has 1 N–H and O–H groups in total. The SMILES string of the molecule is CCCN(CCC)C(=O)CSC(C)(C)C(=O)O. The van der Waals surface area contributed by atoms with Crippen molar-refractivity contribution in [1.82, 2.24) is 4.90 Å². The molecule has 0 saturated carbocycles. The topological polar surface area (TPSA) is 57.6 Å². The van der Waals surface area contributed by atoms with Gasteiger partial charge >= 0.3 is 5.97 Å². The Morgan fingerprint density at radius 3 is 2.00 bits per heavy atom. The van der Waals surface area contributed by atoms with E-state index < -0.39 is 10.7 Å². The Balaban J connectivity index is 4.27. The van der Waals surface area contributed by atoms with E-state index in [-0.39, 0.29) is 11.7 Å². The smallest absolute Gasteiger partial charge is 0.319 e. The Bertz CT molecular complexity index is 260. The summed E-state index contributed by atoms with van der Waals surface area (Å²) in [4.78, 5) is 24.6. The van der Waals surface area contributed by atoms with Crippen molar-refractivity contribution in [2.45, 2.75) is 45.3 Å². The average Bonchev–Trinajstić information content (AvgIpc) is 2.25. The van der Waals surface area contributed by atoms with Crippen molar-refractivity contribution in [3.8, 4) is 0 Å². The van der Waals surface area contributed by atoms with E-state index in [1.165, 1.54) is 11.8 Å². The van der Waals surface area contributed by atoms with Gasteiger partial charge in [0.2, 0.25) is 5.91 Å². The first-order valence-electron chi connectivity index (χ1n) is 6.00. The van der Waals surface area contributed by atoms with Gasteiger partial charge in [0, 0.05) is 13.1 Å². The van der Waals surface area contributed by atoms with Gasteiger partial charge in [0.1, 0.15) is 4.75 Å². The van der Waals surface area contributed by atoms with E-state index in [1.807, 2.05) is 18.7 Å². The molecule has 0 aromatic rings. The third-order valence-corrected chi connectivity index (χ3v) is 3.70. The lowest BCUT2D eigenvalue weighted by atomic mass is 10.2. The summed E-state index contributed by atoms with van der Waals surface area (Å²) in [6, 6.07) is 0. The Hall–Kier alpha value is -0.710. The van der Waals surface area contributed by atoms with Crippen LogP contribution in [0.2, 0.25) is 0 Å². The second-order valence-corrected chi connectivity index (χ2v) is 6.08. The minimum absolute atomic E-state index is 0.0352. The highest BCUT2D eigenvalue weighted by molar-refractivity contribution is 8.01. The van der Waals surface area contributed by atoms with Gasteiger partial charge in [-0.15, -0.1) is 11.8 Å². The zero-order chi connectivity index (χ0) is 13.5. The van der Waals surface area contributed by atoms with E-state index in [4.69, 9.17) is 5.11 Å². The van der Waals surface area contributed by atoms with Crippen molar-refractivity contribution < 1.29 is 14.7 Å². The number of amides is 1. The third-order valence-electron chi connectivity index (χ3n) is 2.41. The molecule has 0 saturated heterocycles. The fourth-order valence-electron chi connectivity index (χ4n) is 1.30. The molecule has 0 radical (unpaired) electrons. The number of carbonyl (C=O) groups is 2. The van der Waals surface area contributed by atoms with Gasteiger partial charge in [0.05, 0.1) is 5.75 Å². The van der Waals surface area contributed by atoms with Crippen molar-refractivity contribution in [3.05, 3.63) is 0 Å². The molecular weight excluding hydrogens is 238 g/mol. The largest absolute Gasteiger partial charge is 0.480 e. The molecule has 0 atom stereocenters. The number of nitrogens with zero attached hydrogens (tertiary/aromatic N) is 1. The minimum atomic E-state index is -0.903. The van der Waals surface area contributed by atoms with Crippen LogP contribution in [0, 0.1) is 0 Å². The number of rotatable bonds is 8. The Labute approximate surface area is 108 Å². The van der Waals surface area contributed by atoms with E-state index in [0.717, 1.165) is 25.9 Å².